The second-order valence-electron chi connectivity index (χ2n) is 36.6. The van der Waals surface area contributed by atoms with Gasteiger partial charge in [-0.15, -0.1) is 0 Å². The number of fused-ring (bicyclic) bond motifs is 12. The molecular formula is C78H134N4O10. The van der Waals surface area contributed by atoms with E-state index in [2.05, 4.69) is 90.1 Å². The van der Waals surface area contributed by atoms with E-state index in [1.54, 1.807) is 0 Å². The van der Waals surface area contributed by atoms with E-state index in [0.717, 1.165) is 167 Å². The minimum Gasteiger partial charge on any atom is -0.393 e. The van der Waals surface area contributed by atoms with E-state index in [1.807, 2.05) is 0 Å². The lowest BCUT2D eigenvalue weighted by Gasteiger charge is -2.62. The van der Waals surface area contributed by atoms with Gasteiger partial charge < -0.3 is 51.3 Å². The van der Waals surface area contributed by atoms with E-state index in [-0.39, 0.29) is 99.0 Å². The quantitative estimate of drug-likeness (QED) is 0.0492. The maximum Gasteiger partial charge on any atom is 0.220 e. The van der Waals surface area contributed by atoms with Crippen LogP contribution in [0.1, 0.15) is 262 Å². The van der Waals surface area contributed by atoms with Gasteiger partial charge in [0.05, 0.1) is 48.3 Å². The van der Waals surface area contributed by atoms with Crippen molar-refractivity contribution < 1.29 is 49.8 Å². The molecule has 0 radical (unpaired) electrons. The maximum atomic E-state index is 13.7. The third kappa shape index (κ3) is 14.6. The molecule has 12 unspecified atom stereocenters. The number of epoxide rings is 1. The van der Waals surface area contributed by atoms with Crippen molar-refractivity contribution >= 4 is 17.7 Å². The fourth-order valence-electron chi connectivity index (χ4n) is 25.6. The third-order valence-corrected chi connectivity index (χ3v) is 31.4. The zero-order chi connectivity index (χ0) is 65.9. The Balaban J connectivity index is 0.655. The minimum absolute atomic E-state index is 0.0455. The molecular weight excluding hydrogens is 1150 g/mol. The monoisotopic (exact) mass is 1290 g/mol. The molecule has 1 heterocycles. The Hall–Kier alpha value is -1.91. The number of hydrogen-bond acceptors (Lipinski definition) is 11. The molecule has 0 aromatic rings. The number of nitrogens with one attached hydrogen (secondary N) is 3. The van der Waals surface area contributed by atoms with Gasteiger partial charge in [0.1, 0.15) is 0 Å². The van der Waals surface area contributed by atoms with Crippen molar-refractivity contribution in [1.29, 1.82) is 0 Å². The lowest BCUT2D eigenvalue weighted by molar-refractivity contribution is -0.174. The first-order valence-electron chi connectivity index (χ1n) is 38.9. The average molecular weight is 1290 g/mol. The summed E-state index contributed by atoms with van der Waals surface area (Å²) >= 11 is 0. The molecule has 0 bridgehead atoms. The third-order valence-electron chi connectivity index (χ3n) is 31.4. The number of hydrogen-bond donors (Lipinski definition) is 9. The van der Waals surface area contributed by atoms with E-state index >= 15 is 0 Å². The topological polar surface area (TPSA) is 224 Å². The van der Waals surface area contributed by atoms with Crippen molar-refractivity contribution in [3.63, 3.8) is 0 Å². The van der Waals surface area contributed by atoms with E-state index in [1.165, 1.54) is 6.42 Å². The highest BCUT2D eigenvalue weighted by molar-refractivity contribution is 5.76. The molecule has 1 saturated heterocycles. The number of nitrogens with zero attached hydrogens (tertiary/aromatic N) is 1. The van der Waals surface area contributed by atoms with Gasteiger partial charge in [0.15, 0.2) is 0 Å². The summed E-state index contributed by atoms with van der Waals surface area (Å²) in [6.45, 7) is 27.3. The van der Waals surface area contributed by atoms with Gasteiger partial charge in [0.2, 0.25) is 17.7 Å². The number of carbonyl (C=O) groups excluding carboxylic acids is 3. The molecule has 3 amide bonds. The molecule has 0 aromatic carbocycles. The van der Waals surface area contributed by atoms with Gasteiger partial charge in [-0.05, 0) is 296 Å². The first-order valence-corrected chi connectivity index (χ1v) is 38.9. The Morgan fingerprint density at radius 2 is 0.859 bits per heavy atom. The number of rotatable bonds is 21. The van der Waals surface area contributed by atoms with E-state index < -0.39 is 0 Å². The molecule has 9 N–H and O–H groups in total. The van der Waals surface area contributed by atoms with Crippen LogP contribution >= 0.6 is 0 Å². The number of carbonyl (C=O) groups is 3. The average Bonchev–Trinajstić information content (AvgIpc) is 1.32. The highest BCUT2D eigenvalue weighted by Crippen LogP contribution is 2.69. The molecule has 1 aliphatic heterocycles. The van der Waals surface area contributed by atoms with E-state index in [9.17, 15) is 45.0 Å². The molecule has 14 heteroatoms. The van der Waals surface area contributed by atoms with Crippen LogP contribution in [0.15, 0.2) is 0 Å². The summed E-state index contributed by atoms with van der Waals surface area (Å²) in [4.78, 5) is 43.5. The Labute approximate surface area is 557 Å². The van der Waals surface area contributed by atoms with Crippen molar-refractivity contribution in [3.8, 4) is 0 Å². The summed E-state index contributed by atoms with van der Waals surface area (Å²) in [5.74, 6) is 6.48. The van der Waals surface area contributed by atoms with Crippen molar-refractivity contribution in [3.05, 3.63) is 0 Å². The van der Waals surface area contributed by atoms with Crippen LogP contribution in [0.5, 0.6) is 0 Å². The van der Waals surface area contributed by atoms with Crippen molar-refractivity contribution in [2.75, 3.05) is 39.3 Å². The maximum absolute atomic E-state index is 13.7. The van der Waals surface area contributed by atoms with Gasteiger partial charge in [0, 0.05) is 58.5 Å². The molecule has 0 spiro atoms. The molecule has 28 atom stereocenters. The normalized spacial score (nSPS) is 46.5. The smallest absolute Gasteiger partial charge is 0.220 e. The van der Waals surface area contributed by atoms with Crippen molar-refractivity contribution in [2.24, 2.45) is 122 Å². The number of ether oxygens (including phenoxy) is 1. The van der Waals surface area contributed by atoms with Crippen LogP contribution in [-0.2, 0) is 19.1 Å². The molecule has 92 heavy (non-hydrogen) atoms. The van der Waals surface area contributed by atoms with Gasteiger partial charge in [-0.3, -0.25) is 19.3 Å². The lowest BCUT2D eigenvalue weighted by atomic mass is 9.43. The highest BCUT2D eigenvalue weighted by Gasteiger charge is 2.65. The first kappa shape index (κ1) is 71.4. The largest absolute Gasteiger partial charge is 0.393 e. The summed E-state index contributed by atoms with van der Waals surface area (Å²) in [6.07, 6.45) is 26.0. The standard InChI is InChI=1S/C78H134N4O10/c1-47(58-18-17-57-61(27-29-73(58,4)5)74(6)30-24-53(83)40-50(74)43-66(57)87)14-21-69(89)79-34-37-82(38-35-80-70(90)22-15-48(2)59-19-20-62-72-63(28-33-77(59,62)9)75(7)31-25-54(84)42-52(75)45-67(72)88)39-36-81-71(91)23-16-49(3)60-13-11-12-56-64(46-68-78(60,10)92-68)76(8)32-26-55(85)41-51(76)44-65(56)86/h47-68,72,83-88H,11-46H2,1-10H3,(H,79,89)(H,80,90)(H,81,91)/t47-,48?,49?,50-,51?,52-,53-,54-,55-,56?,57+,58?,59?,60?,61?,62+,63?,64-,65?,66+,67+,68-,72+,74?,75?,76+,77+,78+/m1/s1. The van der Waals surface area contributed by atoms with Crippen molar-refractivity contribution in [2.45, 2.75) is 310 Å². The second-order valence-corrected chi connectivity index (χ2v) is 36.6. The molecule has 11 rings (SSSR count). The van der Waals surface area contributed by atoms with Crippen LogP contribution in [0, 0.1) is 122 Å². The predicted molar refractivity (Wildman–Crippen MR) is 362 cm³/mol. The zero-order valence-corrected chi connectivity index (χ0v) is 59.5. The highest BCUT2D eigenvalue weighted by atomic mass is 16.6. The summed E-state index contributed by atoms with van der Waals surface area (Å²) < 4.78 is 6.72. The van der Waals surface area contributed by atoms with Gasteiger partial charge in [-0.2, -0.15) is 0 Å². The van der Waals surface area contributed by atoms with Crippen LogP contribution in [-0.4, -0.2) is 141 Å². The lowest BCUT2D eigenvalue weighted by Crippen LogP contribution is -2.58. The first-order chi connectivity index (χ1) is 43.6. The molecule has 14 nitrogen and oxygen atoms in total. The molecule has 11 fully saturated rings. The van der Waals surface area contributed by atoms with Crippen LogP contribution in [0.4, 0.5) is 0 Å². The van der Waals surface area contributed by atoms with E-state index in [0.29, 0.717) is 147 Å². The molecule has 11 aliphatic rings. The number of aliphatic hydroxyl groups excluding tert-OH is 6. The minimum atomic E-state index is -0.326. The van der Waals surface area contributed by atoms with Crippen LogP contribution in [0.2, 0.25) is 0 Å². The van der Waals surface area contributed by atoms with Gasteiger partial charge in [-0.25, -0.2) is 0 Å². The van der Waals surface area contributed by atoms with Gasteiger partial charge >= 0.3 is 0 Å². The van der Waals surface area contributed by atoms with Gasteiger partial charge in [0.25, 0.3) is 0 Å². The zero-order valence-electron chi connectivity index (χ0n) is 59.5. The molecule has 10 aliphatic carbocycles. The second kappa shape index (κ2) is 28.7. The Morgan fingerprint density at radius 1 is 0.435 bits per heavy atom. The summed E-state index contributed by atoms with van der Waals surface area (Å²) in [5.41, 5.74) is 0.558. The Kier molecular flexibility index (Phi) is 22.3. The number of aliphatic hydroxyl groups is 6. The molecule has 0 aromatic heterocycles. The fraction of sp³-hybridized carbons (Fsp3) is 0.962. The molecule has 10 saturated carbocycles. The SMILES string of the molecule is CC(CCC(=O)NCCN(CCNC(=O)CCC(C)C1CCCC2C(O)CC3C[C@H](O)CC[C@]3(C)[C@@H]2C[C@H]2O[C@@]12C)CCNC(=O)CC[C@@H](C)C1CC[C@H]2C(CCC1(C)C)C1(C)CC[C@@H](O)C[C@@H]1C[C@@H]2O)C1CC[C@H]2[C@H]3C(CC[C@@]12C)C1(C)CC[C@@H](O)C[C@@H]1C[C@@H]3O. The van der Waals surface area contributed by atoms with Crippen LogP contribution in [0.3, 0.4) is 0 Å². The van der Waals surface area contributed by atoms with Gasteiger partial charge in [-0.1, -0.05) is 68.7 Å². The summed E-state index contributed by atoms with van der Waals surface area (Å²) in [5, 5.41) is 76.6. The van der Waals surface area contributed by atoms with E-state index in [4.69, 9.17) is 4.74 Å². The van der Waals surface area contributed by atoms with Crippen molar-refractivity contribution in [1.82, 2.24) is 20.9 Å². The van der Waals surface area contributed by atoms with Crippen LogP contribution < -0.4 is 16.0 Å². The summed E-state index contributed by atoms with van der Waals surface area (Å²) in [6, 6.07) is 0. The fourth-order valence-corrected chi connectivity index (χ4v) is 25.6. The van der Waals surface area contributed by atoms with Crippen LogP contribution in [0.25, 0.3) is 0 Å². The number of amides is 3. The predicted octanol–water partition coefficient (Wildman–Crippen LogP) is 11.8. The Morgan fingerprint density at radius 3 is 1.39 bits per heavy atom. The summed E-state index contributed by atoms with van der Waals surface area (Å²) in [7, 11) is 0. The Bertz CT molecular complexity index is 2450. The molecule has 526 valence electrons.